The summed E-state index contributed by atoms with van der Waals surface area (Å²) in [5.41, 5.74) is 0.302. The van der Waals surface area contributed by atoms with Gasteiger partial charge in [-0.25, -0.2) is 4.79 Å². The molecule has 0 fully saturated rings. The highest BCUT2D eigenvalue weighted by Gasteiger charge is 2.22. The van der Waals surface area contributed by atoms with Crippen LogP contribution in [0.5, 0.6) is 5.75 Å². The summed E-state index contributed by atoms with van der Waals surface area (Å²) in [4.78, 5) is 24.1. The Hall–Kier alpha value is -3.41. The van der Waals surface area contributed by atoms with Crippen molar-refractivity contribution in [1.29, 1.82) is 0 Å². The van der Waals surface area contributed by atoms with E-state index < -0.39 is 22.8 Å². The van der Waals surface area contributed by atoms with Gasteiger partial charge in [0.2, 0.25) is 0 Å². The van der Waals surface area contributed by atoms with E-state index in [1.165, 1.54) is 6.21 Å². The zero-order chi connectivity index (χ0) is 18.0. The average Bonchev–Trinajstić information content (AvgIpc) is 2.61. The largest absolute Gasteiger partial charge is 0.506 e. The van der Waals surface area contributed by atoms with E-state index in [9.17, 15) is 19.8 Å². The van der Waals surface area contributed by atoms with Crippen molar-refractivity contribution >= 4 is 23.1 Å². The molecule has 0 saturated heterocycles. The lowest BCUT2D eigenvalue weighted by Gasteiger charge is -2.12. The Balaban J connectivity index is 2.36. The van der Waals surface area contributed by atoms with Gasteiger partial charge in [0.05, 0.1) is 11.7 Å². The Morgan fingerprint density at radius 2 is 1.88 bits per heavy atom. The second-order valence-corrected chi connectivity index (χ2v) is 5.47. The smallest absolute Gasteiger partial charge is 0.345 e. The third-order valence-corrected chi connectivity index (χ3v) is 3.95. The zero-order valence-corrected chi connectivity index (χ0v) is 13.5. The number of carboxylic acids is 1. The molecule has 0 bridgehead atoms. The van der Waals surface area contributed by atoms with Crippen molar-refractivity contribution in [1.82, 2.24) is 4.68 Å². The van der Waals surface area contributed by atoms with E-state index in [0.717, 1.165) is 15.8 Å². The van der Waals surface area contributed by atoms with Crippen LogP contribution in [0.15, 0.2) is 58.4 Å². The predicted molar refractivity (Wildman–Crippen MR) is 95.6 cm³/mol. The van der Waals surface area contributed by atoms with Gasteiger partial charge in [0, 0.05) is 5.39 Å². The number of fused-ring (bicyclic) bond motifs is 1. The van der Waals surface area contributed by atoms with Crippen LogP contribution in [0, 0.1) is 0 Å². The number of aromatic nitrogens is 1. The molecule has 3 rings (SSSR count). The van der Waals surface area contributed by atoms with E-state index in [1.54, 1.807) is 18.2 Å². The van der Waals surface area contributed by atoms with E-state index in [2.05, 4.69) is 5.10 Å². The summed E-state index contributed by atoms with van der Waals surface area (Å²) < 4.78 is 1.02. The number of pyridine rings is 1. The van der Waals surface area contributed by atoms with Gasteiger partial charge < -0.3 is 10.2 Å². The number of aromatic hydroxyl groups is 1. The maximum atomic E-state index is 12.6. The van der Waals surface area contributed by atoms with Crippen LogP contribution in [0.25, 0.3) is 10.9 Å². The molecule has 0 unspecified atom stereocenters. The van der Waals surface area contributed by atoms with E-state index >= 15 is 0 Å². The van der Waals surface area contributed by atoms with Crippen molar-refractivity contribution in [3.8, 4) is 5.75 Å². The van der Waals surface area contributed by atoms with Crippen molar-refractivity contribution in [2.45, 2.75) is 13.3 Å². The molecule has 2 aromatic carbocycles. The minimum atomic E-state index is -1.49. The van der Waals surface area contributed by atoms with Crippen molar-refractivity contribution in [2.24, 2.45) is 5.10 Å². The van der Waals surface area contributed by atoms with Gasteiger partial charge in [0.15, 0.2) is 5.56 Å². The number of nitrogens with zero attached hydrogens (tertiary/aromatic N) is 2. The van der Waals surface area contributed by atoms with Crippen molar-refractivity contribution in [2.75, 3.05) is 0 Å². The fourth-order valence-corrected chi connectivity index (χ4v) is 2.74. The molecule has 2 N–H and O–H groups in total. The Morgan fingerprint density at radius 3 is 2.52 bits per heavy atom. The maximum absolute atomic E-state index is 12.6. The first-order chi connectivity index (χ1) is 12.0. The highest BCUT2D eigenvalue weighted by Crippen LogP contribution is 2.30. The first-order valence-corrected chi connectivity index (χ1v) is 7.76. The Morgan fingerprint density at radius 1 is 1.16 bits per heavy atom. The molecule has 126 valence electrons. The Labute approximate surface area is 143 Å². The van der Waals surface area contributed by atoms with Crippen LogP contribution in [0.3, 0.4) is 0 Å². The fraction of sp³-hybridized carbons (Fsp3) is 0.105. The molecule has 0 amide bonds. The lowest BCUT2D eigenvalue weighted by molar-refractivity contribution is 0.0691. The lowest BCUT2D eigenvalue weighted by Crippen LogP contribution is -2.25. The summed E-state index contributed by atoms with van der Waals surface area (Å²) in [6, 6.07) is 14.3. The highest BCUT2D eigenvalue weighted by molar-refractivity contribution is 6.00. The predicted octanol–water partition coefficient (Wildman–Crippen LogP) is 2.85. The molecule has 0 saturated carbocycles. The number of benzene rings is 2. The highest BCUT2D eigenvalue weighted by atomic mass is 16.4. The fourth-order valence-electron chi connectivity index (χ4n) is 2.74. The third kappa shape index (κ3) is 2.89. The average molecular weight is 336 g/mol. The van der Waals surface area contributed by atoms with Crippen LogP contribution in [0.4, 0.5) is 0 Å². The van der Waals surface area contributed by atoms with E-state index in [-0.39, 0.29) is 0 Å². The second-order valence-electron chi connectivity index (χ2n) is 5.47. The molecule has 0 aliphatic rings. The van der Waals surface area contributed by atoms with Gasteiger partial charge in [-0.3, -0.25) is 4.79 Å². The van der Waals surface area contributed by atoms with E-state index in [1.807, 2.05) is 37.3 Å². The molecule has 1 aromatic heterocycles. The van der Waals surface area contributed by atoms with Gasteiger partial charge >= 0.3 is 5.97 Å². The number of aromatic carboxylic acids is 1. The van der Waals surface area contributed by atoms with Crippen LogP contribution in [0.2, 0.25) is 0 Å². The van der Waals surface area contributed by atoms with Crippen LogP contribution in [-0.4, -0.2) is 27.1 Å². The zero-order valence-electron chi connectivity index (χ0n) is 13.5. The number of rotatable bonds is 4. The topological polar surface area (TPSA) is 91.9 Å². The maximum Gasteiger partial charge on any atom is 0.345 e. The van der Waals surface area contributed by atoms with Crippen LogP contribution >= 0.6 is 0 Å². The van der Waals surface area contributed by atoms with Gasteiger partial charge in [-0.05, 0) is 23.6 Å². The quantitative estimate of drug-likeness (QED) is 0.717. The van der Waals surface area contributed by atoms with Gasteiger partial charge in [-0.2, -0.15) is 9.78 Å². The normalized spacial score (nSPS) is 11.2. The van der Waals surface area contributed by atoms with Crippen LogP contribution in [-0.2, 0) is 6.42 Å². The molecule has 25 heavy (non-hydrogen) atoms. The molecule has 0 spiro atoms. The summed E-state index contributed by atoms with van der Waals surface area (Å²) in [6.07, 6.45) is 2.05. The summed E-state index contributed by atoms with van der Waals surface area (Å²) in [5, 5.41) is 24.2. The Bertz CT molecular complexity index is 1040. The summed E-state index contributed by atoms with van der Waals surface area (Å²) in [7, 11) is 0. The molecular weight excluding hydrogens is 320 g/mol. The number of carbonyl (C=O) groups is 1. The molecule has 0 aliphatic heterocycles. The second kappa shape index (κ2) is 6.60. The standard InChI is InChI=1S/C19H16N2O4/c1-2-13-9-6-10-14-15(13)17(22)16(19(24)25)18(23)21(14)20-11-12-7-4-3-5-8-12/h3-11,22H,2H2,1H3,(H,24,25). The molecular formula is C19H16N2O4. The number of hydrogen-bond donors (Lipinski definition) is 2. The third-order valence-electron chi connectivity index (χ3n) is 3.95. The molecule has 3 aromatic rings. The van der Waals surface area contributed by atoms with Crippen molar-refractivity contribution < 1.29 is 15.0 Å². The Kier molecular flexibility index (Phi) is 4.35. The lowest BCUT2D eigenvalue weighted by atomic mass is 10.0. The number of aryl methyl sites for hydroxylation is 1. The van der Waals surface area contributed by atoms with Gasteiger partial charge in [0.1, 0.15) is 5.75 Å². The molecule has 0 radical (unpaired) electrons. The molecule has 0 aliphatic carbocycles. The summed E-state index contributed by atoms with van der Waals surface area (Å²) in [5.74, 6) is -2.00. The van der Waals surface area contributed by atoms with E-state index in [4.69, 9.17) is 0 Å². The van der Waals surface area contributed by atoms with Crippen LogP contribution < -0.4 is 5.56 Å². The first kappa shape index (κ1) is 16.4. The molecule has 1 heterocycles. The molecule has 6 heteroatoms. The monoisotopic (exact) mass is 336 g/mol. The summed E-state index contributed by atoms with van der Waals surface area (Å²) in [6.45, 7) is 1.89. The number of hydrogen-bond acceptors (Lipinski definition) is 4. The first-order valence-electron chi connectivity index (χ1n) is 7.76. The minimum absolute atomic E-state index is 0.326. The molecule has 6 nitrogen and oxygen atoms in total. The minimum Gasteiger partial charge on any atom is -0.506 e. The van der Waals surface area contributed by atoms with Crippen molar-refractivity contribution in [3.63, 3.8) is 0 Å². The summed E-state index contributed by atoms with van der Waals surface area (Å²) >= 11 is 0. The van der Waals surface area contributed by atoms with Gasteiger partial charge in [0.25, 0.3) is 5.56 Å². The van der Waals surface area contributed by atoms with E-state index in [0.29, 0.717) is 17.3 Å². The van der Waals surface area contributed by atoms with Crippen molar-refractivity contribution in [3.05, 3.63) is 75.6 Å². The SMILES string of the molecule is CCc1cccc2c1c(O)c(C(=O)O)c(=O)n2N=Cc1ccccc1. The number of carboxylic acid groups (broad SMARTS) is 1. The molecule has 0 atom stereocenters. The van der Waals surface area contributed by atoms with Gasteiger partial charge in [-0.1, -0.05) is 49.4 Å². The van der Waals surface area contributed by atoms with Gasteiger partial charge in [-0.15, -0.1) is 0 Å². The van der Waals surface area contributed by atoms with Crippen LogP contribution in [0.1, 0.15) is 28.4 Å².